The van der Waals surface area contributed by atoms with Gasteiger partial charge in [0.15, 0.2) is 0 Å². The fourth-order valence-corrected chi connectivity index (χ4v) is 3.30. The molecule has 1 unspecified atom stereocenters. The highest BCUT2D eigenvalue weighted by atomic mass is 19.1. The summed E-state index contributed by atoms with van der Waals surface area (Å²) in [6.45, 7) is 3.14. The second kappa shape index (κ2) is 6.82. The maximum Gasteiger partial charge on any atom is 0.330 e. The quantitative estimate of drug-likeness (QED) is 0.747. The second-order valence-corrected chi connectivity index (χ2v) is 6.33. The third-order valence-corrected chi connectivity index (χ3v) is 4.37. The molecular formula is C19H21FN2O3. The SMILES string of the molecule is CC(C)n1c(=O)n(C(c2ccccc2)[C@H](O)CO)c2c(F)cccc21. The predicted octanol–water partition coefficient (Wildman–Crippen LogP) is 2.47. The monoisotopic (exact) mass is 344 g/mol. The zero-order chi connectivity index (χ0) is 18.1. The van der Waals surface area contributed by atoms with Crippen molar-refractivity contribution in [3.05, 3.63) is 70.4 Å². The molecule has 0 aliphatic carbocycles. The lowest BCUT2D eigenvalue weighted by atomic mass is 10.0. The number of fused-ring (bicyclic) bond motifs is 1. The molecule has 0 amide bonds. The lowest BCUT2D eigenvalue weighted by Crippen LogP contribution is -2.36. The molecule has 0 spiro atoms. The first-order valence-electron chi connectivity index (χ1n) is 8.22. The largest absolute Gasteiger partial charge is 0.394 e. The van der Waals surface area contributed by atoms with Gasteiger partial charge in [0.05, 0.1) is 18.2 Å². The van der Waals surface area contributed by atoms with Crippen LogP contribution in [0, 0.1) is 5.82 Å². The van der Waals surface area contributed by atoms with Crippen molar-refractivity contribution in [3.8, 4) is 0 Å². The van der Waals surface area contributed by atoms with E-state index in [1.165, 1.54) is 15.2 Å². The van der Waals surface area contributed by atoms with Crippen LogP contribution in [0.2, 0.25) is 0 Å². The summed E-state index contributed by atoms with van der Waals surface area (Å²) in [5, 5.41) is 19.9. The summed E-state index contributed by atoms with van der Waals surface area (Å²) in [6.07, 6.45) is -1.24. The van der Waals surface area contributed by atoms with Gasteiger partial charge in [-0.25, -0.2) is 9.18 Å². The third-order valence-electron chi connectivity index (χ3n) is 4.37. The topological polar surface area (TPSA) is 67.4 Å². The van der Waals surface area contributed by atoms with Gasteiger partial charge in [0.25, 0.3) is 0 Å². The highest BCUT2D eigenvalue weighted by Crippen LogP contribution is 2.28. The molecule has 6 heteroatoms. The summed E-state index contributed by atoms with van der Waals surface area (Å²) in [6, 6.07) is 12.3. The first kappa shape index (κ1) is 17.4. The molecule has 0 saturated heterocycles. The lowest BCUT2D eigenvalue weighted by Gasteiger charge is -2.23. The Hall–Kier alpha value is -2.44. The molecular weight excluding hydrogens is 323 g/mol. The molecule has 2 N–H and O–H groups in total. The van der Waals surface area contributed by atoms with Crippen molar-refractivity contribution in [2.75, 3.05) is 6.61 Å². The van der Waals surface area contributed by atoms with Gasteiger partial charge in [0.1, 0.15) is 17.4 Å². The number of halogens is 1. The van der Waals surface area contributed by atoms with Gasteiger partial charge in [-0.1, -0.05) is 36.4 Å². The molecule has 0 fully saturated rings. The number of aliphatic hydroxyl groups is 2. The Bertz CT molecular complexity index is 931. The van der Waals surface area contributed by atoms with E-state index in [9.17, 15) is 19.4 Å². The molecule has 0 radical (unpaired) electrons. The van der Waals surface area contributed by atoms with E-state index in [-0.39, 0.29) is 11.6 Å². The Morgan fingerprint density at radius 3 is 2.32 bits per heavy atom. The Kier molecular flexibility index (Phi) is 4.74. The molecule has 0 aliphatic rings. The molecule has 0 aliphatic heterocycles. The van der Waals surface area contributed by atoms with Crippen LogP contribution in [0.1, 0.15) is 31.5 Å². The minimum atomic E-state index is -1.24. The number of hydrogen-bond acceptors (Lipinski definition) is 3. The number of imidazole rings is 1. The van der Waals surface area contributed by atoms with E-state index in [4.69, 9.17) is 0 Å². The van der Waals surface area contributed by atoms with Gasteiger partial charge in [-0.15, -0.1) is 0 Å². The van der Waals surface area contributed by atoms with Gasteiger partial charge in [0.2, 0.25) is 0 Å². The molecule has 25 heavy (non-hydrogen) atoms. The van der Waals surface area contributed by atoms with Gasteiger partial charge >= 0.3 is 5.69 Å². The van der Waals surface area contributed by atoms with Gasteiger partial charge in [-0.2, -0.15) is 0 Å². The number of para-hydroxylation sites is 1. The Morgan fingerprint density at radius 2 is 1.72 bits per heavy atom. The first-order chi connectivity index (χ1) is 12.0. The lowest BCUT2D eigenvalue weighted by molar-refractivity contribution is 0.0639. The number of aliphatic hydroxyl groups excluding tert-OH is 2. The molecule has 2 atom stereocenters. The van der Waals surface area contributed by atoms with E-state index in [1.807, 2.05) is 19.9 Å². The fraction of sp³-hybridized carbons (Fsp3) is 0.316. The molecule has 0 saturated carbocycles. The summed E-state index contributed by atoms with van der Waals surface area (Å²) < 4.78 is 17.4. The second-order valence-electron chi connectivity index (χ2n) is 6.33. The Morgan fingerprint density at radius 1 is 1.04 bits per heavy atom. The standard InChI is InChI=1S/C19H21FN2O3/c1-12(2)21-15-10-6-9-14(20)18(15)22(19(21)25)17(16(24)11-23)13-7-4-3-5-8-13/h3-10,12,16-17,23-24H,11H2,1-2H3/t16-,17?/m1/s1. The van der Waals surface area contributed by atoms with Crippen LogP contribution in [-0.4, -0.2) is 32.1 Å². The van der Waals surface area contributed by atoms with E-state index < -0.39 is 30.3 Å². The van der Waals surface area contributed by atoms with Gasteiger partial charge < -0.3 is 10.2 Å². The van der Waals surface area contributed by atoms with E-state index in [2.05, 4.69) is 0 Å². The van der Waals surface area contributed by atoms with Crippen LogP contribution in [0.4, 0.5) is 4.39 Å². The van der Waals surface area contributed by atoms with Crippen LogP contribution in [0.25, 0.3) is 11.0 Å². The molecule has 132 valence electrons. The third kappa shape index (κ3) is 2.88. The highest BCUT2D eigenvalue weighted by molar-refractivity contribution is 5.77. The van der Waals surface area contributed by atoms with Crippen molar-refractivity contribution >= 4 is 11.0 Å². The molecule has 5 nitrogen and oxygen atoms in total. The average molecular weight is 344 g/mol. The van der Waals surface area contributed by atoms with Gasteiger partial charge in [0, 0.05) is 6.04 Å². The number of benzene rings is 2. The van der Waals surface area contributed by atoms with Crippen molar-refractivity contribution in [1.29, 1.82) is 0 Å². The molecule has 1 aromatic heterocycles. The van der Waals surface area contributed by atoms with E-state index in [1.54, 1.807) is 36.4 Å². The summed E-state index contributed by atoms with van der Waals surface area (Å²) in [7, 11) is 0. The molecule has 3 rings (SSSR count). The van der Waals surface area contributed by atoms with Crippen LogP contribution in [0.3, 0.4) is 0 Å². The van der Waals surface area contributed by atoms with Gasteiger partial charge in [-0.3, -0.25) is 9.13 Å². The summed E-state index contributed by atoms with van der Waals surface area (Å²) in [4.78, 5) is 13.1. The number of nitrogens with zero attached hydrogens (tertiary/aromatic N) is 2. The first-order valence-corrected chi connectivity index (χ1v) is 8.22. The number of rotatable bonds is 5. The van der Waals surface area contributed by atoms with Crippen molar-refractivity contribution in [1.82, 2.24) is 9.13 Å². The summed E-state index contributed by atoms with van der Waals surface area (Å²) in [5.41, 5.74) is 0.794. The van der Waals surface area contributed by atoms with Crippen molar-refractivity contribution < 1.29 is 14.6 Å². The maximum absolute atomic E-state index is 14.6. The molecule has 1 heterocycles. The smallest absolute Gasteiger partial charge is 0.330 e. The zero-order valence-electron chi connectivity index (χ0n) is 14.1. The van der Waals surface area contributed by atoms with Crippen molar-refractivity contribution in [3.63, 3.8) is 0 Å². The fourth-order valence-electron chi connectivity index (χ4n) is 3.30. The number of aromatic nitrogens is 2. The van der Waals surface area contributed by atoms with E-state index in [0.29, 0.717) is 11.1 Å². The van der Waals surface area contributed by atoms with Crippen molar-refractivity contribution in [2.45, 2.75) is 32.0 Å². The van der Waals surface area contributed by atoms with Gasteiger partial charge in [-0.05, 0) is 31.5 Å². The molecule has 2 aromatic carbocycles. The van der Waals surface area contributed by atoms with Crippen LogP contribution in [0.5, 0.6) is 0 Å². The van der Waals surface area contributed by atoms with Crippen LogP contribution in [0.15, 0.2) is 53.3 Å². The minimum Gasteiger partial charge on any atom is -0.394 e. The van der Waals surface area contributed by atoms with Crippen LogP contribution >= 0.6 is 0 Å². The molecule has 0 bridgehead atoms. The molecule has 3 aromatic rings. The maximum atomic E-state index is 14.6. The normalized spacial score (nSPS) is 14.2. The Balaban J connectivity index is 2.40. The van der Waals surface area contributed by atoms with Crippen LogP contribution < -0.4 is 5.69 Å². The highest BCUT2D eigenvalue weighted by Gasteiger charge is 2.29. The summed E-state index contributed by atoms with van der Waals surface area (Å²) in [5.74, 6) is -0.542. The number of hydrogen-bond donors (Lipinski definition) is 2. The summed E-state index contributed by atoms with van der Waals surface area (Å²) >= 11 is 0. The van der Waals surface area contributed by atoms with E-state index >= 15 is 0 Å². The van der Waals surface area contributed by atoms with Crippen LogP contribution in [-0.2, 0) is 0 Å². The van der Waals surface area contributed by atoms with Crippen molar-refractivity contribution in [2.24, 2.45) is 0 Å². The average Bonchev–Trinajstić information content (AvgIpc) is 2.89. The zero-order valence-corrected chi connectivity index (χ0v) is 14.1. The Labute approximate surface area is 144 Å². The minimum absolute atomic E-state index is 0.127. The van der Waals surface area contributed by atoms with E-state index in [0.717, 1.165) is 0 Å². The predicted molar refractivity (Wildman–Crippen MR) is 94.2 cm³/mol.